The smallest absolute Gasteiger partial charge is 0.497 e. The van der Waals surface area contributed by atoms with Crippen LogP contribution >= 0.6 is 0 Å². The molecule has 1 aliphatic heterocycles. The monoisotopic (exact) mass is 355 g/mol. The van der Waals surface area contributed by atoms with Crippen LogP contribution in [0.1, 0.15) is 31.4 Å². The fourth-order valence-electron chi connectivity index (χ4n) is 2.85. The van der Waals surface area contributed by atoms with E-state index in [4.69, 9.17) is 18.9 Å². The molecule has 136 valence electrons. The summed E-state index contributed by atoms with van der Waals surface area (Å²) < 4.78 is 20.8. The maximum Gasteiger partial charge on any atom is 0.510 e. The van der Waals surface area contributed by atoms with Crippen molar-refractivity contribution in [2.24, 2.45) is 0 Å². The van der Waals surface area contributed by atoms with Gasteiger partial charge in [-0.25, -0.2) is 4.79 Å². The van der Waals surface area contributed by atoms with Gasteiger partial charge in [0.15, 0.2) is 0 Å². The van der Waals surface area contributed by atoms with E-state index < -0.39 is 12.3 Å². The predicted octanol–water partition coefficient (Wildman–Crippen LogP) is 4.13. The number of fused-ring (bicyclic) bond motifs is 1. The van der Waals surface area contributed by atoms with E-state index in [1.165, 1.54) is 0 Å². The predicted molar refractivity (Wildman–Crippen MR) is 94.9 cm³/mol. The normalized spacial score (nSPS) is 19.4. The molecule has 3 rings (SSSR count). The Bertz CT molecular complexity index is 829. The Morgan fingerprint density at radius 3 is 2.73 bits per heavy atom. The van der Waals surface area contributed by atoms with Gasteiger partial charge >= 0.3 is 6.16 Å². The first-order valence-electron chi connectivity index (χ1n) is 8.60. The van der Waals surface area contributed by atoms with E-state index in [2.05, 4.69) is 6.92 Å². The Morgan fingerprint density at radius 2 is 2.00 bits per heavy atom. The number of carbonyl (C=O) groups excluding carboxylic acids is 1. The van der Waals surface area contributed by atoms with Crippen LogP contribution < -0.4 is 4.74 Å². The van der Waals surface area contributed by atoms with Crippen molar-refractivity contribution in [2.45, 2.75) is 38.1 Å². The average molecular weight is 355 g/mol. The molecule has 0 radical (unpaired) electrons. The van der Waals surface area contributed by atoms with Crippen molar-refractivity contribution in [1.82, 2.24) is 0 Å². The maximum atomic E-state index is 11.9. The van der Waals surface area contributed by atoms with Crippen LogP contribution in [0.3, 0.4) is 0 Å². The Kier molecular flexibility index (Phi) is 5.59. The van der Waals surface area contributed by atoms with Crippen LogP contribution in [0.15, 0.2) is 36.4 Å². The van der Waals surface area contributed by atoms with Gasteiger partial charge in [0, 0.05) is 5.56 Å². The fourth-order valence-corrected chi connectivity index (χ4v) is 2.85. The number of carbonyl (C=O) groups is 1. The molecule has 3 unspecified atom stereocenters. The average Bonchev–Trinajstić information content (AvgIpc) is 3.42. The number of nitriles is 1. The van der Waals surface area contributed by atoms with Gasteiger partial charge in [0.1, 0.15) is 24.5 Å². The Balaban J connectivity index is 1.60. The number of hydrogen-bond donors (Lipinski definition) is 0. The zero-order valence-corrected chi connectivity index (χ0v) is 14.8. The van der Waals surface area contributed by atoms with Crippen molar-refractivity contribution in [3.05, 3.63) is 42.0 Å². The van der Waals surface area contributed by atoms with E-state index in [1.807, 2.05) is 36.4 Å². The molecular formula is C20H21NO5. The van der Waals surface area contributed by atoms with E-state index in [1.54, 1.807) is 13.2 Å². The summed E-state index contributed by atoms with van der Waals surface area (Å²) in [7, 11) is 1.61. The minimum absolute atomic E-state index is 0.0568. The SMILES string of the molecule is CCCC1OC1COC(=O)OC(C#N)c1ccc2cc(OC)ccc2c1. The van der Waals surface area contributed by atoms with E-state index >= 15 is 0 Å². The number of ether oxygens (including phenoxy) is 4. The van der Waals surface area contributed by atoms with Crippen molar-refractivity contribution in [3.8, 4) is 11.8 Å². The molecule has 0 aromatic heterocycles. The maximum absolute atomic E-state index is 11.9. The van der Waals surface area contributed by atoms with Gasteiger partial charge in [-0.2, -0.15) is 5.26 Å². The standard InChI is InChI=1S/C20H21NO5/c1-3-4-17-19(25-17)12-24-20(22)26-18(11-21)15-6-5-14-10-16(23-2)8-7-13(14)9-15/h5-10,17-19H,3-4,12H2,1-2H3. The van der Waals surface area contributed by atoms with Crippen molar-refractivity contribution in [1.29, 1.82) is 5.26 Å². The highest BCUT2D eigenvalue weighted by Gasteiger charge is 2.39. The van der Waals surface area contributed by atoms with Crippen LogP contribution in [-0.4, -0.2) is 32.1 Å². The summed E-state index contributed by atoms with van der Waals surface area (Å²) in [6.07, 6.45) is 0.190. The highest BCUT2D eigenvalue weighted by atomic mass is 16.7. The summed E-state index contributed by atoms with van der Waals surface area (Å²) in [6, 6.07) is 13.1. The number of methoxy groups -OCH3 is 1. The molecule has 1 saturated heterocycles. The van der Waals surface area contributed by atoms with Crippen LogP contribution in [-0.2, 0) is 14.2 Å². The van der Waals surface area contributed by atoms with Crippen molar-refractivity contribution < 1.29 is 23.7 Å². The molecule has 0 amide bonds. The molecule has 0 aliphatic carbocycles. The van der Waals surface area contributed by atoms with Gasteiger partial charge in [-0.3, -0.25) is 0 Å². The van der Waals surface area contributed by atoms with Crippen LogP contribution in [0, 0.1) is 11.3 Å². The van der Waals surface area contributed by atoms with Crippen molar-refractivity contribution >= 4 is 16.9 Å². The summed E-state index contributed by atoms with van der Waals surface area (Å²) in [4.78, 5) is 11.9. The van der Waals surface area contributed by atoms with Gasteiger partial charge < -0.3 is 18.9 Å². The molecule has 2 aromatic rings. The number of hydrogen-bond acceptors (Lipinski definition) is 6. The summed E-state index contributed by atoms with van der Waals surface area (Å²) in [6.45, 7) is 2.23. The summed E-state index contributed by atoms with van der Waals surface area (Å²) in [5.74, 6) is 0.755. The molecule has 0 bridgehead atoms. The zero-order valence-electron chi connectivity index (χ0n) is 14.8. The minimum Gasteiger partial charge on any atom is -0.497 e. The van der Waals surface area contributed by atoms with Gasteiger partial charge in [0.2, 0.25) is 6.10 Å². The summed E-state index contributed by atoms with van der Waals surface area (Å²) in [5, 5.41) is 11.3. The van der Waals surface area contributed by atoms with Crippen LogP contribution in [0.2, 0.25) is 0 Å². The molecule has 0 saturated carbocycles. The lowest BCUT2D eigenvalue weighted by atomic mass is 10.0. The molecule has 6 nitrogen and oxygen atoms in total. The van der Waals surface area contributed by atoms with E-state index in [-0.39, 0.29) is 18.8 Å². The van der Waals surface area contributed by atoms with Crippen molar-refractivity contribution in [2.75, 3.05) is 13.7 Å². The number of nitrogens with zero attached hydrogens (tertiary/aromatic N) is 1. The Hall–Kier alpha value is -2.78. The second-order valence-electron chi connectivity index (χ2n) is 6.16. The van der Waals surface area contributed by atoms with Crippen LogP contribution in [0.4, 0.5) is 4.79 Å². The first kappa shape index (κ1) is 18.0. The van der Waals surface area contributed by atoms with Gasteiger partial charge in [0.25, 0.3) is 0 Å². The molecule has 26 heavy (non-hydrogen) atoms. The second kappa shape index (κ2) is 8.07. The lowest BCUT2D eigenvalue weighted by molar-refractivity contribution is 0.0347. The number of rotatable bonds is 7. The fraction of sp³-hybridized carbons (Fsp3) is 0.400. The highest BCUT2D eigenvalue weighted by Crippen LogP contribution is 2.28. The molecule has 1 fully saturated rings. The third-order valence-electron chi connectivity index (χ3n) is 4.33. The quantitative estimate of drug-likeness (QED) is 0.548. The largest absolute Gasteiger partial charge is 0.510 e. The summed E-state index contributed by atoms with van der Waals surface area (Å²) >= 11 is 0. The first-order chi connectivity index (χ1) is 12.6. The molecule has 3 atom stereocenters. The Morgan fingerprint density at radius 1 is 1.23 bits per heavy atom. The third-order valence-corrected chi connectivity index (χ3v) is 4.33. The first-order valence-corrected chi connectivity index (χ1v) is 8.60. The molecule has 1 heterocycles. The van der Waals surface area contributed by atoms with Crippen molar-refractivity contribution in [3.63, 3.8) is 0 Å². The molecule has 6 heteroatoms. The lowest BCUT2D eigenvalue weighted by Gasteiger charge is -2.12. The zero-order chi connectivity index (χ0) is 18.5. The number of benzene rings is 2. The molecular weight excluding hydrogens is 334 g/mol. The molecule has 0 spiro atoms. The molecule has 1 aliphatic rings. The minimum atomic E-state index is -1.03. The summed E-state index contributed by atoms with van der Waals surface area (Å²) in [5.41, 5.74) is 0.591. The highest BCUT2D eigenvalue weighted by molar-refractivity contribution is 5.84. The Labute approximate surface area is 152 Å². The van der Waals surface area contributed by atoms with Gasteiger partial charge in [-0.1, -0.05) is 31.5 Å². The van der Waals surface area contributed by atoms with E-state index in [9.17, 15) is 10.1 Å². The van der Waals surface area contributed by atoms with Crippen LogP contribution in [0.5, 0.6) is 5.75 Å². The van der Waals surface area contributed by atoms with E-state index in [0.717, 1.165) is 29.4 Å². The third kappa shape index (κ3) is 4.24. The topological polar surface area (TPSA) is 81.1 Å². The van der Waals surface area contributed by atoms with Crippen LogP contribution in [0.25, 0.3) is 10.8 Å². The van der Waals surface area contributed by atoms with E-state index in [0.29, 0.717) is 5.56 Å². The van der Waals surface area contributed by atoms with Gasteiger partial charge in [-0.05, 0) is 35.4 Å². The second-order valence-corrected chi connectivity index (χ2v) is 6.16. The molecule has 2 aromatic carbocycles. The molecule has 0 N–H and O–H groups in total. The number of epoxide rings is 1. The van der Waals surface area contributed by atoms with Gasteiger partial charge in [0.05, 0.1) is 13.2 Å². The lowest BCUT2D eigenvalue weighted by Crippen LogP contribution is -2.15. The van der Waals surface area contributed by atoms with Gasteiger partial charge in [-0.15, -0.1) is 0 Å².